The van der Waals surface area contributed by atoms with Crippen molar-refractivity contribution < 1.29 is 14.3 Å². The SMILES string of the molecule is CCc1cccc(C)c1NC(=O)c1cnn(-c2ccc(Cl)cc2)c1C1CCN(C(=O)OC(C)(C)C)CC1. The molecule has 4 rings (SSSR count). The largest absolute Gasteiger partial charge is 0.444 e. The third-order valence-electron chi connectivity index (χ3n) is 6.63. The Balaban J connectivity index is 1.65. The summed E-state index contributed by atoms with van der Waals surface area (Å²) in [6.45, 7) is 10.8. The molecule has 37 heavy (non-hydrogen) atoms. The van der Waals surface area contributed by atoms with E-state index in [0.29, 0.717) is 36.5 Å². The number of halogens is 1. The molecule has 2 heterocycles. The molecule has 1 aliphatic heterocycles. The number of carbonyl (C=O) groups excluding carboxylic acids is 2. The number of hydrogen-bond acceptors (Lipinski definition) is 4. The van der Waals surface area contributed by atoms with Crippen LogP contribution >= 0.6 is 11.6 Å². The number of likely N-dealkylation sites (tertiary alicyclic amines) is 1. The van der Waals surface area contributed by atoms with E-state index in [2.05, 4.69) is 17.3 Å². The van der Waals surface area contributed by atoms with Gasteiger partial charge in [0, 0.05) is 29.7 Å². The summed E-state index contributed by atoms with van der Waals surface area (Å²) in [6.07, 6.45) is 3.55. The van der Waals surface area contributed by atoms with Crippen LogP contribution in [0.4, 0.5) is 10.5 Å². The van der Waals surface area contributed by atoms with Crippen LogP contribution < -0.4 is 5.32 Å². The molecule has 0 radical (unpaired) electrons. The zero-order valence-electron chi connectivity index (χ0n) is 22.2. The van der Waals surface area contributed by atoms with E-state index in [0.717, 1.165) is 34.6 Å². The Labute approximate surface area is 223 Å². The molecule has 2 aromatic carbocycles. The van der Waals surface area contributed by atoms with Crippen LogP contribution in [0.15, 0.2) is 48.7 Å². The summed E-state index contributed by atoms with van der Waals surface area (Å²) < 4.78 is 7.39. The van der Waals surface area contributed by atoms with Crippen molar-refractivity contribution in [2.45, 2.75) is 65.4 Å². The maximum Gasteiger partial charge on any atom is 0.410 e. The first kappa shape index (κ1) is 26.7. The molecule has 0 saturated carbocycles. The van der Waals surface area contributed by atoms with Crippen LogP contribution in [-0.4, -0.2) is 45.4 Å². The fourth-order valence-corrected chi connectivity index (χ4v) is 4.88. The van der Waals surface area contributed by atoms with Gasteiger partial charge in [0.25, 0.3) is 5.91 Å². The van der Waals surface area contributed by atoms with Crippen molar-refractivity contribution >= 4 is 29.3 Å². The van der Waals surface area contributed by atoms with E-state index >= 15 is 0 Å². The second-order valence-electron chi connectivity index (χ2n) is 10.5. The lowest BCUT2D eigenvalue weighted by Gasteiger charge is -2.34. The molecule has 1 N–H and O–H groups in total. The molecule has 3 aromatic rings. The van der Waals surface area contributed by atoms with Crippen LogP contribution in [0.3, 0.4) is 0 Å². The molecule has 1 aromatic heterocycles. The molecule has 0 bridgehead atoms. The van der Waals surface area contributed by atoms with Crippen molar-refractivity contribution in [3.8, 4) is 5.69 Å². The summed E-state index contributed by atoms with van der Waals surface area (Å²) in [4.78, 5) is 28.0. The number of aromatic nitrogens is 2. The number of anilines is 1. The number of benzene rings is 2. The van der Waals surface area contributed by atoms with Gasteiger partial charge in [-0.05, 0) is 82.3 Å². The second kappa shape index (κ2) is 11.0. The molecule has 1 saturated heterocycles. The predicted octanol–water partition coefficient (Wildman–Crippen LogP) is 6.76. The smallest absolute Gasteiger partial charge is 0.410 e. The maximum absolute atomic E-state index is 13.7. The minimum atomic E-state index is -0.542. The van der Waals surface area contributed by atoms with Crippen molar-refractivity contribution in [3.05, 3.63) is 76.1 Å². The summed E-state index contributed by atoms with van der Waals surface area (Å²) in [5.41, 5.74) is 4.62. The molecule has 2 amide bonds. The van der Waals surface area contributed by atoms with E-state index < -0.39 is 5.60 Å². The lowest BCUT2D eigenvalue weighted by atomic mass is 9.90. The lowest BCUT2D eigenvalue weighted by molar-refractivity contribution is 0.0203. The number of para-hydroxylation sites is 1. The van der Waals surface area contributed by atoms with Crippen molar-refractivity contribution in [1.82, 2.24) is 14.7 Å². The first-order valence-corrected chi connectivity index (χ1v) is 13.2. The number of carbonyl (C=O) groups is 2. The first-order chi connectivity index (χ1) is 17.6. The highest BCUT2D eigenvalue weighted by Crippen LogP contribution is 2.34. The fourth-order valence-electron chi connectivity index (χ4n) is 4.76. The molecule has 1 aliphatic rings. The van der Waals surface area contributed by atoms with Gasteiger partial charge in [-0.15, -0.1) is 0 Å². The molecule has 0 spiro atoms. The molecule has 0 atom stereocenters. The monoisotopic (exact) mass is 522 g/mol. The molecular weight excluding hydrogens is 488 g/mol. The summed E-state index contributed by atoms with van der Waals surface area (Å²) in [5, 5.41) is 8.42. The maximum atomic E-state index is 13.7. The third-order valence-corrected chi connectivity index (χ3v) is 6.89. The molecule has 1 fully saturated rings. The van der Waals surface area contributed by atoms with Crippen molar-refractivity contribution in [3.63, 3.8) is 0 Å². The average molecular weight is 523 g/mol. The van der Waals surface area contributed by atoms with Crippen LogP contribution in [0.1, 0.15) is 73.6 Å². The van der Waals surface area contributed by atoms with Crippen LogP contribution in [0.2, 0.25) is 5.02 Å². The van der Waals surface area contributed by atoms with E-state index in [1.165, 1.54) is 0 Å². The van der Waals surface area contributed by atoms with Crippen LogP contribution in [0.25, 0.3) is 5.69 Å². The van der Waals surface area contributed by atoms with E-state index in [4.69, 9.17) is 16.3 Å². The van der Waals surface area contributed by atoms with Crippen molar-refractivity contribution in [2.75, 3.05) is 18.4 Å². The van der Waals surface area contributed by atoms with Gasteiger partial charge in [-0.2, -0.15) is 5.10 Å². The quantitative estimate of drug-likeness (QED) is 0.401. The molecule has 7 nitrogen and oxygen atoms in total. The highest BCUT2D eigenvalue weighted by atomic mass is 35.5. The second-order valence-corrected chi connectivity index (χ2v) is 10.9. The number of nitrogens with zero attached hydrogens (tertiary/aromatic N) is 3. The zero-order valence-corrected chi connectivity index (χ0v) is 22.9. The van der Waals surface area contributed by atoms with Gasteiger partial charge in [0.15, 0.2) is 0 Å². The van der Waals surface area contributed by atoms with Crippen LogP contribution in [0, 0.1) is 6.92 Å². The van der Waals surface area contributed by atoms with Crippen LogP contribution in [0.5, 0.6) is 0 Å². The predicted molar refractivity (Wildman–Crippen MR) is 147 cm³/mol. The van der Waals surface area contributed by atoms with Gasteiger partial charge in [0.2, 0.25) is 0 Å². The van der Waals surface area contributed by atoms with Crippen molar-refractivity contribution in [1.29, 1.82) is 0 Å². The standard InChI is InChI=1S/C29H35ClN4O3/c1-6-20-9-7-8-19(2)25(20)32-27(35)24-18-31-34(23-12-10-22(30)11-13-23)26(24)21-14-16-33(17-15-21)28(36)37-29(3,4)5/h7-13,18,21H,6,14-17H2,1-5H3,(H,32,35). The normalized spacial score (nSPS) is 14.5. The van der Waals surface area contributed by atoms with E-state index in [1.807, 2.05) is 74.8 Å². The molecule has 0 unspecified atom stereocenters. The van der Waals surface area contributed by atoms with Gasteiger partial charge >= 0.3 is 6.09 Å². The van der Waals surface area contributed by atoms with Gasteiger partial charge in [0.05, 0.1) is 23.1 Å². The minimum Gasteiger partial charge on any atom is -0.444 e. The number of nitrogens with one attached hydrogen (secondary N) is 1. The summed E-state index contributed by atoms with van der Waals surface area (Å²) in [5.74, 6) is -0.145. The Kier molecular flexibility index (Phi) is 7.93. The Morgan fingerprint density at radius 1 is 1.11 bits per heavy atom. The summed E-state index contributed by atoms with van der Waals surface area (Å²) in [6, 6.07) is 13.5. The number of hydrogen-bond donors (Lipinski definition) is 1. The van der Waals surface area contributed by atoms with Gasteiger partial charge in [-0.3, -0.25) is 4.79 Å². The highest BCUT2D eigenvalue weighted by molar-refractivity contribution is 6.30. The van der Waals surface area contributed by atoms with E-state index in [-0.39, 0.29) is 17.9 Å². The van der Waals surface area contributed by atoms with Crippen LogP contribution in [-0.2, 0) is 11.2 Å². The fraction of sp³-hybridized carbons (Fsp3) is 0.414. The number of ether oxygens (including phenoxy) is 1. The van der Waals surface area contributed by atoms with Gasteiger partial charge in [-0.25, -0.2) is 9.48 Å². The topological polar surface area (TPSA) is 76.5 Å². The summed E-state index contributed by atoms with van der Waals surface area (Å²) >= 11 is 6.13. The molecule has 0 aliphatic carbocycles. The molecular formula is C29H35ClN4O3. The Morgan fingerprint density at radius 2 is 1.78 bits per heavy atom. The first-order valence-electron chi connectivity index (χ1n) is 12.8. The number of aryl methyl sites for hydroxylation is 2. The van der Waals surface area contributed by atoms with Crippen molar-refractivity contribution in [2.24, 2.45) is 0 Å². The number of amides is 2. The van der Waals surface area contributed by atoms with E-state index in [1.54, 1.807) is 11.1 Å². The Morgan fingerprint density at radius 3 is 2.41 bits per heavy atom. The summed E-state index contributed by atoms with van der Waals surface area (Å²) in [7, 11) is 0. The average Bonchev–Trinajstić information content (AvgIpc) is 3.30. The molecule has 8 heteroatoms. The Bertz CT molecular complexity index is 1270. The Hall–Kier alpha value is -3.32. The van der Waals surface area contributed by atoms with E-state index in [9.17, 15) is 9.59 Å². The van der Waals surface area contributed by atoms with Gasteiger partial charge < -0.3 is 15.0 Å². The number of piperidine rings is 1. The van der Waals surface area contributed by atoms with Gasteiger partial charge in [-0.1, -0.05) is 36.7 Å². The molecule has 196 valence electrons. The number of rotatable bonds is 5. The zero-order chi connectivity index (χ0) is 26.7. The third kappa shape index (κ3) is 6.16. The highest BCUT2D eigenvalue weighted by Gasteiger charge is 2.32. The minimum absolute atomic E-state index is 0.0418. The van der Waals surface area contributed by atoms with Gasteiger partial charge in [0.1, 0.15) is 5.60 Å². The lowest BCUT2D eigenvalue weighted by Crippen LogP contribution is -2.41.